The van der Waals surface area contributed by atoms with Gasteiger partial charge in [0.2, 0.25) is 17.2 Å². The highest BCUT2D eigenvalue weighted by Gasteiger charge is 2.29. The minimum Gasteiger partial charge on any atom is -0.505 e. The zero-order valence-electron chi connectivity index (χ0n) is 26.4. The number of nitrogen functional groups attached to an aromatic ring is 2. The van der Waals surface area contributed by atoms with E-state index in [9.17, 15) is 57.0 Å². The van der Waals surface area contributed by atoms with E-state index in [1.165, 1.54) is 13.0 Å². The average molecular weight is 845 g/mol. The van der Waals surface area contributed by atoms with Crippen LogP contribution >= 0.6 is 11.6 Å². The highest BCUT2D eigenvalue weighted by Crippen LogP contribution is 2.48. The predicted octanol–water partition coefficient (Wildman–Crippen LogP) is 4.42. The molecule has 0 spiro atoms. The SMILES string of the molecule is Cc1ccc(S(=O)(=O)O)c(N=Nc2c(S(=O)(=O)O)cc3cc(S(=O)(=O)O)c(N=Nc4cc(Nc5nc(N)nc(Cl)n5)ccc4S(=O)(=O)O)c(O)c3c2N)c1. The summed E-state index contributed by atoms with van der Waals surface area (Å²) in [4.78, 5) is 7.07. The number of aromatic nitrogens is 3. The molecule has 0 aliphatic heterocycles. The zero-order valence-corrected chi connectivity index (χ0v) is 30.4. The van der Waals surface area contributed by atoms with E-state index in [4.69, 9.17) is 23.1 Å². The van der Waals surface area contributed by atoms with Crippen molar-refractivity contribution in [3.8, 4) is 5.75 Å². The molecule has 0 radical (unpaired) electrons. The maximum Gasteiger partial charge on any atom is 0.296 e. The molecular weight excluding hydrogens is 824 g/mol. The Hall–Kier alpha value is -5.52. The second-order valence-corrected chi connectivity index (χ2v) is 16.6. The number of benzene rings is 4. The number of hydrogen-bond acceptors (Lipinski definition) is 19. The molecule has 28 heteroatoms. The lowest BCUT2D eigenvalue weighted by Gasteiger charge is -2.14. The molecule has 0 bridgehead atoms. The molecule has 0 aliphatic rings. The summed E-state index contributed by atoms with van der Waals surface area (Å²) in [5.74, 6) is -1.78. The van der Waals surface area contributed by atoms with Gasteiger partial charge in [0.05, 0.1) is 11.1 Å². The summed E-state index contributed by atoms with van der Waals surface area (Å²) in [5, 5.41) is 27.0. The third-order valence-electron chi connectivity index (χ3n) is 6.90. The molecule has 0 atom stereocenters. The Bertz CT molecular complexity index is 2910. The van der Waals surface area contributed by atoms with Crippen molar-refractivity contribution in [3.63, 3.8) is 0 Å². The van der Waals surface area contributed by atoms with Gasteiger partial charge in [-0.15, -0.1) is 20.5 Å². The number of anilines is 4. The largest absolute Gasteiger partial charge is 0.505 e. The number of fused-ring (bicyclic) bond motifs is 1. The summed E-state index contributed by atoms with van der Waals surface area (Å²) in [6.45, 7) is 1.51. The number of aryl methyl sites for hydroxylation is 1. The van der Waals surface area contributed by atoms with Gasteiger partial charge in [0.1, 0.15) is 42.3 Å². The van der Waals surface area contributed by atoms with Crippen molar-refractivity contribution in [2.75, 3.05) is 16.8 Å². The molecule has 5 rings (SSSR count). The van der Waals surface area contributed by atoms with E-state index in [2.05, 4.69) is 40.7 Å². The van der Waals surface area contributed by atoms with Crippen molar-refractivity contribution in [1.29, 1.82) is 0 Å². The number of hydrogen-bond donors (Lipinski definition) is 8. The summed E-state index contributed by atoms with van der Waals surface area (Å²) < 4.78 is 137. The monoisotopic (exact) mass is 844 g/mol. The quantitative estimate of drug-likeness (QED) is 0.0547. The molecule has 23 nitrogen and oxygen atoms in total. The summed E-state index contributed by atoms with van der Waals surface area (Å²) in [7, 11) is -20.7. The maximum absolute atomic E-state index is 12.5. The molecule has 4 aromatic carbocycles. The number of nitrogens with two attached hydrogens (primary N) is 2. The highest BCUT2D eigenvalue weighted by molar-refractivity contribution is 7.86. The van der Waals surface area contributed by atoms with Gasteiger partial charge < -0.3 is 21.9 Å². The second kappa shape index (κ2) is 14.0. The lowest BCUT2D eigenvalue weighted by Crippen LogP contribution is -2.04. The fourth-order valence-electron chi connectivity index (χ4n) is 4.68. The molecular formula is C26H21ClN10O13S4. The molecule has 1 heterocycles. The van der Waals surface area contributed by atoms with Crippen molar-refractivity contribution in [2.24, 2.45) is 20.5 Å². The van der Waals surface area contributed by atoms with Crippen LogP contribution in [-0.4, -0.2) is 71.9 Å². The Balaban J connectivity index is 1.76. The molecule has 0 unspecified atom stereocenters. The van der Waals surface area contributed by atoms with Crippen molar-refractivity contribution < 1.29 is 57.0 Å². The lowest BCUT2D eigenvalue weighted by molar-refractivity contribution is 0.472. The van der Waals surface area contributed by atoms with Crippen LogP contribution in [-0.2, 0) is 40.5 Å². The Morgan fingerprint density at radius 1 is 0.648 bits per heavy atom. The summed E-state index contributed by atoms with van der Waals surface area (Å²) in [6.07, 6.45) is 0. The third kappa shape index (κ3) is 8.48. The van der Waals surface area contributed by atoms with Crippen LogP contribution in [0, 0.1) is 6.92 Å². The third-order valence-corrected chi connectivity index (χ3v) is 10.6. The maximum atomic E-state index is 12.5. The molecule has 54 heavy (non-hydrogen) atoms. The van der Waals surface area contributed by atoms with Crippen LogP contribution in [0.4, 0.5) is 46.0 Å². The van der Waals surface area contributed by atoms with Crippen molar-refractivity contribution >= 4 is 109 Å². The van der Waals surface area contributed by atoms with Gasteiger partial charge in [-0.2, -0.15) is 48.6 Å². The minimum absolute atomic E-state index is 0.0430. The molecule has 0 saturated carbocycles. The number of phenols is 1. The molecule has 0 saturated heterocycles. The Labute approximate surface area is 308 Å². The topological polar surface area (TPSA) is 390 Å². The number of nitrogens with one attached hydrogen (secondary N) is 1. The first-order valence-corrected chi connectivity index (χ1v) is 20.0. The predicted molar refractivity (Wildman–Crippen MR) is 188 cm³/mol. The van der Waals surface area contributed by atoms with E-state index >= 15 is 0 Å². The Kier molecular flexibility index (Phi) is 10.3. The molecule has 0 amide bonds. The molecule has 10 N–H and O–H groups in total. The molecule has 1 aromatic heterocycles. The number of halogens is 1. The minimum atomic E-state index is -5.40. The molecule has 0 aliphatic carbocycles. The molecule has 5 aromatic rings. The van der Waals surface area contributed by atoms with Gasteiger partial charge in [0.25, 0.3) is 40.5 Å². The molecule has 284 valence electrons. The number of aromatic hydroxyl groups is 1. The normalized spacial score (nSPS) is 12.9. The lowest BCUT2D eigenvalue weighted by atomic mass is 10.1. The standard InChI is InChI=1S/C26H21ClN10O13S4/c1-10-2-4-15(51(39,40)41)13(6-10)34-36-21-17(53(45,46)47)7-11-8-18(54(48,49)50)22(23(38)19(11)20(21)28)37-35-14-9-12(3-5-16(14)52(42,43)44)30-26-32-24(27)31-25(29)33-26/h2-9,38H,28H2,1H3,(H,39,40,41)(H,42,43,44)(H,45,46,47)(H,48,49,50)(H3,29,30,31,32,33). The van der Waals surface area contributed by atoms with Crippen molar-refractivity contribution in [3.05, 3.63) is 59.4 Å². The average Bonchev–Trinajstić information content (AvgIpc) is 3.01. The van der Waals surface area contributed by atoms with Crippen LogP contribution in [0.15, 0.2) is 88.6 Å². The van der Waals surface area contributed by atoms with Crippen molar-refractivity contribution in [1.82, 2.24) is 15.0 Å². The van der Waals surface area contributed by atoms with Gasteiger partial charge >= 0.3 is 0 Å². The van der Waals surface area contributed by atoms with Gasteiger partial charge in [-0.05, 0) is 71.9 Å². The van der Waals surface area contributed by atoms with Gasteiger partial charge in [-0.1, -0.05) is 6.07 Å². The fourth-order valence-corrected chi connectivity index (χ4v) is 7.38. The van der Waals surface area contributed by atoms with Crippen LogP contribution in [0.1, 0.15) is 5.56 Å². The fraction of sp³-hybridized carbons (Fsp3) is 0.0385. The smallest absolute Gasteiger partial charge is 0.296 e. The zero-order chi connectivity index (χ0) is 40.1. The van der Waals surface area contributed by atoms with Crippen molar-refractivity contribution in [2.45, 2.75) is 26.5 Å². The summed E-state index contributed by atoms with van der Waals surface area (Å²) >= 11 is 5.77. The first-order chi connectivity index (χ1) is 24.8. The van der Waals surface area contributed by atoms with Crippen LogP contribution in [0.3, 0.4) is 0 Å². The van der Waals surface area contributed by atoms with Gasteiger partial charge in [0, 0.05) is 5.69 Å². The van der Waals surface area contributed by atoms with E-state index in [0.717, 1.165) is 30.3 Å². The van der Waals surface area contributed by atoms with Gasteiger partial charge in [-0.25, -0.2) is 0 Å². The van der Waals surface area contributed by atoms with E-state index in [0.29, 0.717) is 17.7 Å². The number of azo groups is 2. The van der Waals surface area contributed by atoms with E-state index in [-0.39, 0.29) is 22.9 Å². The Morgan fingerprint density at radius 2 is 1.15 bits per heavy atom. The second-order valence-electron chi connectivity index (χ2n) is 10.7. The van der Waals surface area contributed by atoms with E-state index in [1.807, 2.05) is 0 Å². The van der Waals surface area contributed by atoms with Gasteiger partial charge in [-0.3, -0.25) is 18.2 Å². The summed E-state index contributed by atoms with van der Waals surface area (Å²) in [5.41, 5.74) is 7.93. The van der Waals surface area contributed by atoms with Crippen LogP contribution < -0.4 is 16.8 Å². The van der Waals surface area contributed by atoms with Crippen LogP contribution in [0.25, 0.3) is 10.8 Å². The first kappa shape index (κ1) is 39.7. The first-order valence-electron chi connectivity index (χ1n) is 13.9. The van der Waals surface area contributed by atoms with Crippen LogP contribution in [0.5, 0.6) is 5.75 Å². The Morgan fingerprint density at radius 3 is 1.69 bits per heavy atom. The number of rotatable bonds is 10. The van der Waals surface area contributed by atoms with E-state index < -0.39 is 105 Å². The van der Waals surface area contributed by atoms with Crippen LogP contribution in [0.2, 0.25) is 5.28 Å². The van der Waals surface area contributed by atoms with E-state index in [1.54, 1.807) is 0 Å². The van der Waals surface area contributed by atoms with Gasteiger partial charge in [0.15, 0.2) is 5.75 Å². The highest BCUT2D eigenvalue weighted by atomic mass is 35.5. The molecule has 0 fully saturated rings. The number of nitrogens with zero attached hydrogens (tertiary/aromatic N) is 7. The summed E-state index contributed by atoms with van der Waals surface area (Å²) in [6, 6.07) is 7.37. The number of phenolic OH excluding ortho intramolecular Hbond substituents is 1.